The molecule has 0 amide bonds. The van der Waals surface area contributed by atoms with Crippen molar-refractivity contribution in [1.82, 2.24) is 29.9 Å². The Morgan fingerprint density at radius 3 is 1.38 bits per heavy atom. The molecule has 26 heavy (non-hydrogen) atoms. The number of rotatable bonds is 6. The van der Waals surface area contributed by atoms with Gasteiger partial charge >= 0.3 is 36.3 Å². The second-order valence-electron chi connectivity index (χ2n) is 4.71. The van der Waals surface area contributed by atoms with Crippen LogP contribution in [0.15, 0.2) is 24.3 Å². The van der Waals surface area contributed by atoms with Crippen molar-refractivity contribution in [1.29, 1.82) is 0 Å². The molecular formula is C14H8F4N6O2. The van der Waals surface area contributed by atoms with Crippen LogP contribution in [-0.4, -0.2) is 29.9 Å². The summed E-state index contributed by atoms with van der Waals surface area (Å²) in [5, 5.41) is 0. The highest BCUT2D eigenvalue weighted by molar-refractivity contribution is 5.23. The second kappa shape index (κ2) is 7.63. The van der Waals surface area contributed by atoms with Crippen molar-refractivity contribution in [2.24, 2.45) is 0 Å². The quantitative estimate of drug-likeness (QED) is 0.608. The van der Waals surface area contributed by atoms with Crippen LogP contribution in [0.2, 0.25) is 0 Å². The molecule has 0 saturated carbocycles. The minimum Gasteiger partial charge on any atom is -0.458 e. The predicted octanol–water partition coefficient (Wildman–Crippen LogP) is 1.77. The first kappa shape index (κ1) is 17.4. The van der Waals surface area contributed by atoms with Gasteiger partial charge in [-0.15, -0.1) is 19.9 Å². The van der Waals surface area contributed by atoms with Crippen LogP contribution < -0.4 is 9.47 Å². The van der Waals surface area contributed by atoms with Gasteiger partial charge in [-0.1, -0.05) is 18.2 Å². The Kier molecular flexibility index (Phi) is 5.10. The number of halogens is 4. The van der Waals surface area contributed by atoms with E-state index in [0.29, 0.717) is 11.1 Å². The number of aromatic nitrogens is 6. The first-order valence-corrected chi connectivity index (χ1v) is 6.95. The molecule has 0 aliphatic carbocycles. The minimum atomic E-state index is -1.30. The van der Waals surface area contributed by atoms with Gasteiger partial charge in [0.2, 0.25) is 0 Å². The summed E-state index contributed by atoms with van der Waals surface area (Å²) in [5.74, 6) is 0. The van der Waals surface area contributed by atoms with Gasteiger partial charge in [-0.05, 0) is 17.2 Å². The van der Waals surface area contributed by atoms with Gasteiger partial charge in [-0.3, -0.25) is 0 Å². The van der Waals surface area contributed by atoms with E-state index in [0.717, 1.165) is 0 Å². The molecule has 0 saturated heterocycles. The van der Waals surface area contributed by atoms with Crippen LogP contribution in [0.3, 0.4) is 0 Å². The maximum atomic E-state index is 12.9. The third-order valence-electron chi connectivity index (χ3n) is 2.85. The zero-order valence-corrected chi connectivity index (χ0v) is 12.7. The zero-order valence-electron chi connectivity index (χ0n) is 12.7. The molecule has 3 aromatic rings. The molecule has 2 aromatic heterocycles. The Labute approximate surface area is 142 Å². The smallest absolute Gasteiger partial charge is 0.324 e. The number of benzene rings is 1. The van der Waals surface area contributed by atoms with E-state index in [-0.39, 0.29) is 13.2 Å². The normalized spacial score (nSPS) is 10.6. The fourth-order valence-corrected chi connectivity index (χ4v) is 1.85. The fraction of sp³-hybridized carbons (Fsp3) is 0.143. The Morgan fingerprint density at radius 1 is 0.615 bits per heavy atom. The lowest BCUT2D eigenvalue weighted by Gasteiger charge is -2.07. The number of hydrogen-bond acceptors (Lipinski definition) is 8. The number of nitrogens with zero attached hydrogens (tertiary/aromatic N) is 6. The van der Waals surface area contributed by atoms with Gasteiger partial charge in [0.05, 0.1) is 0 Å². The summed E-state index contributed by atoms with van der Waals surface area (Å²) in [5.41, 5.74) is 1.20. The Hall–Kier alpha value is -3.44. The van der Waals surface area contributed by atoms with Crippen molar-refractivity contribution in [2.45, 2.75) is 13.2 Å². The molecule has 0 aliphatic rings. The predicted molar refractivity (Wildman–Crippen MR) is 74.6 cm³/mol. The molecule has 1 aromatic carbocycles. The van der Waals surface area contributed by atoms with E-state index in [2.05, 4.69) is 29.9 Å². The first-order valence-electron chi connectivity index (χ1n) is 6.95. The van der Waals surface area contributed by atoms with E-state index in [9.17, 15) is 17.6 Å². The van der Waals surface area contributed by atoms with Crippen molar-refractivity contribution in [3.8, 4) is 12.0 Å². The SMILES string of the molecule is Fc1nc(F)nc(OCc2cccc(COc3nc(F)nc(F)n3)c2)n1. The molecule has 3 rings (SSSR count). The van der Waals surface area contributed by atoms with Crippen LogP contribution in [0.25, 0.3) is 0 Å². The van der Waals surface area contributed by atoms with Crippen molar-refractivity contribution in [2.75, 3.05) is 0 Å². The second-order valence-corrected chi connectivity index (χ2v) is 4.71. The number of ether oxygens (including phenoxy) is 2. The Morgan fingerprint density at radius 2 is 1.00 bits per heavy atom. The molecule has 0 spiro atoms. The average Bonchev–Trinajstić information content (AvgIpc) is 2.57. The molecule has 0 fully saturated rings. The van der Waals surface area contributed by atoms with Gasteiger partial charge in [0.1, 0.15) is 13.2 Å². The van der Waals surface area contributed by atoms with E-state index in [4.69, 9.17) is 9.47 Å². The highest BCUT2D eigenvalue weighted by Gasteiger charge is 2.09. The van der Waals surface area contributed by atoms with Gasteiger partial charge in [0.25, 0.3) is 0 Å². The molecule has 0 bridgehead atoms. The van der Waals surface area contributed by atoms with Crippen LogP contribution >= 0.6 is 0 Å². The van der Waals surface area contributed by atoms with Gasteiger partial charge in [-0.2, -0.15) is 27.5 Å². The molecular weight excluding hydrogens is 360 g/mol. The topological polar surface area (TPSA) is 95.8 Å². The van der Waals surface area contributed by atoms with Gasteiger partial charge in [0.15, 0.2) is 0 Å². The van der Waals surface area contributed by atoms with Crippen molar-refractivity contribution >= 4 is 0 Å². The lowest BCUT2D eigenvalue weighted by atomic mass is 10.1. The minimum absolute atomic E-state index is 0.0915. The van der Waals surface area contributed by atoms with Gasteiger partial charge in [0, 0.05) is 0 Å². The largest absolute Gasteiger partial charge is 0.458 e. The summed E-state index contributed by atoms with van der Waals surface area (Å²) in [7, 11) is 0. The maximum Gasteiger partial charge on any atom is 0.324 e. The molecule has 0 radical (unpaired) electrons. The van der Waals surface area contributed by atoms with E-state index in [1.165, 1.54) is 0 Å². The van der Waals surface area contributed by atoms with E-state index >= 15 is 0 Å². The summed E-state index contributed by atoms with van der Waals surface area (Å²) in [4.78, 5) is 18.3. The van der Waals surface area contributed by atoms with Crippen molar-refractivity contribution in [3.63, 3.8) is 0 Å². The number of hydrogen-bond donors (Lipinski definition) is 0. The maximum absolute atomic E-state index is 12.9. The van der Waals surface area contributed by atoms with Gasteiger partial charge < -0.3 is 9.47 Å². The summed E-state index contributed by atoms with van der Waals surface area (Å²) in [6, 6.07) is 5.60. The molecule has 0 aliphatic heterocycles. The van der Waals surface area contributed by atoms with E-state index in [1.807, 2.05) is 0 Å². The molecule has 12 heteroatoms. The monoisotopic (exact) mass is 368 g/mol. The molecule has 0 unspecified atom stereocenters. The molecule has 0 N–H and O–H groups in total. The summed E-state index contributed by atoms with van der Waals surface area (Å²) in [6.07, 6.45) is -5.20. The third-order valence-corrected chi connectivity index (χ3v) is 2.85. The Bertz CT molecular complexity index is 818. The lowest BCUT2D eigenvalue weighted by molar-refractivity contribution is 0.258. The summed E-state index contributed by atoms with van der Waals surface area (Å²) in [6.45, 7) is -0.183. The Balaban J connectivity index is 1.62. The highest BCUT2D eigenvalue weighted by Crippen LogP contribution is 2.12. The molecule has 134 valence electrons. The average molecular weight is 368 g/mol. The van der Waals surface area contributed by atoms with Crippen molar-refractivity contribution in [3.05, 3.63) is 59.7 Å². The third kappa shape index (κ3) is 4.78. The van der Waals surface area contributed by atoms with Crippen LogP contribution in [0, 0.1) is 24.3 Å². The van der Waals surface area contributed by atoms with E-state index in [1.54, 1.807) is 24.3 Å². The van der Waals surface area contributed by atoms with Crippen LogP contribution in [0.5, 0.6) is 12.0 Å². The lowest BCUT2D eigenvalue weighted by Crippen LogP contribution is -2.06. The zero-order chi connectivity index (χ0) is 18.5. The highest BCUT2D eigenvalue weighted by atomic mass is 19.2. The van der Waals surface area contributed by atoms with Crippen LogP contribution in [-0.2, 0) is 13.2 Å². The van der Waals surface area contributed by atoms with E-state index < -0.39 is 36.3 Å². The van der Waals surface area contributed by atoms with Crippen LogP contribution in [0.1, 0.15) is 11.1 Å². The van der Waals surface area contributed by atoms with Crippen LogP contribution in [0.4, 0.5) is 17.6 Å². The van der Waals surface area contributed by atoms with Crippen molar-refractivity contribution < 1.29 is 27.0 Å². The summed E-state index contributed by atoms with van der Waals surface area (Å²) < 4.78 is 61.6. The fourth-order valence-electron chi connectivity index (χ4n) is 1.85. The first-order chi connectivity index (χ1) is 12.5. The molecule has 2 heterocycles. The molecule has 0 atom stereocenters. The molecule has 8 nitrogen and oxygen atoms in total. The summed E-state index contributed by atoms with van der Waals surface area (Å²) >= 11 is 0. The van der Waals surface area contributed by atoms with Gasteiger partial charge in [-0.25, -0.2) is 0 Å². The standard InChI is InChI=1S/C14H8F4N6O2/c15-9-19-10(16)22-13(21-9)25-5-7-2-1-3-8(4-7)6-26-14-23-11(17)20-12(18)24-14/h1-4H,5-6H2.